The third-order valence-corrected chi connectivity index (χ3v) is 3.53. The first-order valence-corrected chi connectivity index (χ1v) is 5.88. The van der Waals surface area contributed by atoms with Gasteiger partial charge in [-0.2, -0.15) is 0 Å². The lowest BCUT2D eigenvalue weighted by Crippen LogP contribution is -1.93. The fraction of sp³-hybridized carbons (Fsp3) is 0.364. The monoisotopic (exact) mass is 228 g/mol. The average Bonchev–Trinajstić information content (AvgIpc) is 2.14. The van der Waals surface area contributed by atoms with E-state index in [1.807, 2.05) is 12.1 Å². The Balaban J connectivity index is 2.85. The highest BCUT2D eigenvalue weighted by atomic mass is 35.5. The molecular formula is C11H13ClOS. The molecule has 0 N–H and O–H groups in total. The predicted molar refractivity (Wildman–Crippen MR) is 62.4 cm³/mol. The summed E-state index contributed by atoms with van der Waals surface area (Å²) in [5.74, 6) is 1.61. The summed E-state index contributed by atoms with van der Waals surface area (Å²) in [4.78, 5) is 11.8. The van der Waals surface area contributed by atoms with Crippen molar-refractivity contribution in [3.63, 3.8) is 0 Å². The van der Waals surface area contributed by atoms with Gasteiger partial charge in [0, 0.05) is 16.2 Å². The maximum atomic E-state index is 10.8. The molecule has 1 nitrogen and oxygen atoms in total. The van der Waals surface area contributed by atoms with Gasteiger partial charge >= 0.3 is 0 Å². The van der Waals surface area contributed by atoms with Crippen molar-refractivity contribution in [2.75, 3.05) is 5.75 Å². The van der Waals surface area contributed by atoms with Crippen molar-refractivity contribution < 1.29 is 4.79 Å². The van der Waals surface area contributed by atoms with Gasteiger partial charge in [0.15, 0.2) is 6.29 Å². The van der Waals surface area contributed by atoms with Crippen LogP contribution in [0.5, 0.6) is 0 Å². The molecule has 0 atom stereocenters. The standard InChI is InChI=1S/C11H13ClOS/c1-8(2)7-14-11-5-3-4-10(12)9(11)6-13/h3-6,8H,7H2,1-2H3. The highest BCUT2D eigenvalue weighted by Gasteiger charge is 2.06. The van der Waals surface area contributed by atoms with Crippen LogP contribution in [0.3, 0.4) is 0 Å². The second-order valence-electron chi connectivity index (χ2n) is 3.47. The third kappa shape index (κ3) is 3.03. The number of benzene rings is 1. The number of aldehydes is 1. The van der Waals surface area contributed by atoms with Crippen LogP contribution in [0.2, 0.25) is 5.02 Å². The first-order valence-electron chi connectivity index (χ1n) is 4.51. The minimum atomic E-state index is 0.536. The van der Waals surface area contributed by atoms with Gasteiger partial charge in [0.05, 0.1) is 5.02 Å². The van der Waals surface area contributed by atoms with Gasteiger partial charge in [-0.25, -0.2) is 0 Å². The molecule has 0 fully saturated rings. The van der Waals surface area contributed by atoms with Crippen molar-refractivity contribution in [2.45, 2.75) is 18.7 Å². The summed E-state index contributed by atoms with van der Waals surface area (Å²) >= 11 is 7.58. The Labute approximate surface area is 93.8 Å². The molecule has 0 saturated carbocycles. The number of hydrogen-bond acceptors (Lipinski definition) is 2. The first kappa shape index (κ1) is 11.6. The van der Waals surface area contributed by atoms with E-state index in [1.165, 1.54) is 0 Å². The number of halogens is 1. The topological polar surface area (TPSA) is 17.1 Å². The lowest BCUT2D eigenvalue weighted by Gasteiger charge is -2.07. The van der Waals surface area contributed by atoms with Crippen molar-refractivity contribution in [2.24, 2.45) is 5.92 Å². The van der Waals surface area contributed by atoms with E-state index >= 15 is 0 Å². The Bertz CT molecular complexity index is 323. The minimum absolute atomic E-state index is 0.536. The van der Waals surface area contributed by atoms with Gasteiger partial charge in [0.1, 0.15) is 0 Å². The number of rotatable bonds is 4. The molecule has 0 heterocycles. The van der Waals surface area contributed by atoms with Gasteiger partial charge in [-0.3, -0.25) is 4.79 Å². The van der Waals surface area contributed by atoms with Crippen molar-refractivity contribution >= 4 is 29.6 Å². The van der Waals surface area contributed by atoms with Crippen LogP contribution in [0.1, 0.15) is 24.2 Å². The molecule has 0 saturated heterocycles. The number of carbonyl (C=O) groups is 1. The molecule has 0 radical (unpaired) electrons. The third-order valence-electron chi connectivity index (χ3n) is 1.70. The van der Waals surface area contributed by atoms with Crippen molar-refractivity contribution in [1.29, 1.82) is 0 Å². The van der Waals surface area contributed by atoms with E-state index in [9.17, 15) is 4.79 Å². The summed E-state index contributed by atoms with van der Waals surface area (Å²) in [6.45, 7) is 4.30. The second kappa shape index (κ2) is 5.42. The number of carbonyl (C=O) groups excluding carboxylic acids is 1. The summed E-state index contributed by atoms with van der Waals surface area (Å²) in [6, 6.07) is 5.55. The van der Waals surface area contributed by atoms with E-state index in [2.05, 4.69) is 13.8 Å². The Kier molecular flexibility index (Phi) is 4.49. The molecule has 0 amide bonds. The SMILES string of the molecule is CC(C)CSc1cccc(Cl)c1C=O. The molecule has 0 spiro atoms. The lowest BCUT2D eigenvalue weighted by atomic mass is 10.2. The molecule has 1 aromatic carbocycles. The van der Waals surface area contributed by atoms with Gasteiger partial charge < -0.3 is 0 Å². The maximum Gasteiger partial charge on any atom is 0.152 e. The summed E-state index contributed by atoms with van der Waals surface area (Å²) in [7, 11) is 0. The molecule has 0 bridgehead atoms. The van der Waals surface area contributed by atoms with Crippen molar-refractivity contribution in [3.05, 3.63) is 28.8 Å². The van der Waals surface area contributed by atoms with Crippen LogP contribution in [0.25, 0.3) is 0 Å². The first-order chi connectivity index (χ1) is 6.65. The number of thioether (sulfide) groups is 1. The Morgan fingerprint density at radius 2 is 2.21 bits per heavy atom. The Hall–Kier alpha value is -0.470. The van der Waals surface area contributed by atoms with Gasteiger partial charge in [-0.1, -0.05) is 31.5 Å². The summed E-state index contributed by atoms with van der Waals surface area (Å²) in [5, 5.41) is 0.536. The van der Waals surface area contributed by atoms with Crippen molar-refractivity contribution in [1.82, 2.24) is 0 Å². The molecular weight excluding hydrogens is 216 g/mol. The van der Waals surface area contributed by atoms with E-state index in [4.69, 9.17) is 11.6 Å². The normalized spacial score (nSPS) is 10.6. The molecule has 0 aliphatic heterocycles. The highest BCUT2D eigenvalue weighted by Crippen LogP contribution is 2.28. The van der Waals surface area contributed by atoms with Crippen LogP contribution < -0.4 is 0 Å². The fourth-order valence-corrected chi connectivity index (χ4v) is 2.29. The van der Waals surface area contributed by atoms with Gasteiger partial charge in [0.2, 0.25) is 0 Å². The van der Waals surface area contributed by atoms with E-state index in [-0.39, 0.29) is 0 Å². The molecule has 14 heavy (non-hydrogen) atoms. The van der Waals surface area contributed by atoms with Crippen LogP contribution in [0, 0.1) is 5.92 Å². The summed E-state index contributed by atoms with van der Waals surface area (Å²) in [6.07, 6.45) is 0.824. The fourth-order valence-electron chi connectivity index (χ4n) is 1.01. The zero-order valence-corrected chi connectivity index (χ0v) is 9.86. The molecule has 3 heteroatoms. The quantitative estimate of drug-likeness (QED) is 0.574. The molecule has 0 aliphatic rings. The Morgan fingerprint density at radius 3 is 2.79 bits per heavy atom. The molecule has 1 rings (SSSR count). The van der Waals surface area contributed by atoms with Crippen LogP contribution in [0.4, 0.5) is 0 Å². The van der Waals surface area contributed by atoms with E-state index in [0.29, 0.717) is 16.5 Å². The zero-order chi connectivity index (χ0) is 10.6. The highest BCUT2D eigenvalue weighted by molar-refractivity contribution is 7.99. The second-order valence-corrected chi connectivity index (χ2v) is 4.94. The minimum Gasteiger partial charge on any atom is -0.298 e. The van der Waals surface area contributed by atoms with E-state index < -0.39 is 0 Å². The molecule has 76 valence electrons. The van der Waals surface area contributed by atoms with Crippen LogP contribution in [-0.2, 0) is 0 Å². The van der Waals surface area contributed by atoms with Gasteiger partial charge in [-0.15, -0.1) is 11.8 Å². The van der Waals surface area contributed by atoms with Crippen LogP contribution in [0.15, 0.2) is 23.1 Å². The van der Waals surface area contributed by atoms with E-state index in [1.54, 1.807) is 17.8 Å². The van der Waals surface area contributed by atoms with Crippen LogP contribution in [-0.4, -0.2) is 12.0 Å². The molecule has 0 aliphatic carbocycles. The largest absolute Gasteiger partial charge is 0.298 e. The predicted octanol–water partition coefficient (Wildman–Crippen LogP) is 3.90. The molecule has 1 aromatic rings. The smallest absolute Gasteiger partial charge is 0.152 e. The van der Waals surface area contributed by atoms with Gasteiger partial charge in [-0.05, 0) is 18.1 Å². The molecule has 0 unspecified atom stereocenters. The van der Waals surface area contributed by atoms with Gasteiger partial charge in [0.25, 0.3) is 0 Å². The maximum absolute atomic E-state index is 10.8. The average molecular weight is 229 g/mol. The van der Waals surface area contributed by atoms with Crippen molar-refractivity contribution in [3.8, 4) is 0 Å². The Morgan fingerprint density at radius 1 is 1.50 bits per heavy atom. The van der Waals surface area contributed by atoms with E-state index in [0.717, 1.165) is 16.9 Å². The lowest BCUT2D eigenvalue weighted by molar-refractivity contribution is 0.112. The molecule has 0 aromatic heterocycles. The summed E-state index contributed by atoms with van der Waals surface area (Å²) < 4.78 is 0. The zero-order valence-electron chi connectivity index (χ0n) is 8.29. The van der Waals surface area contributed by atoms with Crippen LogP contribution >= 0.6 is 23.4 Å². The number of hydrogen-bond donors (Lipinski definition) is 0. The summed E-state index contributed by atoms with van der Waals surface area (Å²) in [5.41, 5.74) is 0.611.